The third-order valence-corrected chi connectivity index (χ3v) is 6.83. The number of ether oxygens (including phenoxy) is 1. The summed E-state index contributed by atoms with van der Waals surface area (Å²) in [6.07, 6.45) is 1.59. The molecule has 1 aromatic heterocycles. The Morgan fingerprint density at radius 3 is 2.56 bits per heavy atom. The van der Waals surface area contributed by atoms with Gasteiger partial charge in [-0.25, -0.2) is 9.37 Å². The monoisotopic (exact) mass is 494 g/mol. The number of rotatable bonds is 7. The van der Waals surface area contributed by atoms with Crippen molar-refractivity contribution in [3.8, 4) is 17.1 Å². The number of aromatic nitrogens is 2. The van der Waals surface area contributed by atoms with Crippen molar-refractivity contribution in [2.24, 2.45) is 5.41 Å². The summed E-state index contributed by atoms with van der Waals surface area (Å²) >= 11 is 0. The van der Waals surface area contributed by atoms with Crippen LogP contribution in [0.5, 0.6) is 5.75 Å². The van der Waals surface area contributed by atoms with Crippen LogP contribution in [-0.2, 0) is 11.3 Å². The molecule has 0 N–H and O–H groups in total. The molecule has 4 rings (SSSR count). The Morgan fingerprint density at radius 1 is 1.08 bits per heavy atom. The number of nitrogens with zero attached hydrogens (tertiary/aromatic N) is 4. The van der Waals surface area contributed by atoms with Gasteiger partial charge >= 0.3 is 0 Å². The van der Waals surface area contributed by atoms with Crippen LogP contribution in [0.4, 0.5) is 10.1 Å². The van der Waals surface area contributed by atoms with Crippen molar-refractivity contribution in [2.75, 3.05) is 38.2 Å². The molecule has 0 spiro atoms. The van der Waals surface area contributed by atoms with Gasteiger partial charge in [-0.05, 0) is 62.1 Å². The third-order valence-electron chi connectivity index (χ3n) is 6.83. The Labute approximate surface area is 214 Å². The second-order valence-corrected chi connectivity index (χ2v) is 11.3. The Hall–Kier alpha value is -2.93. The van der Waals surface area contributed by atoms with Crippen LogP contribution < -0.4 is 9.64 Å². The first-order valence-electron chi connectivity index (χ1n) is 12.9. The standard InChI is InChI=1S/C29H39FN4O2/c1-20(2)32-12-7-13-33(15-14-32)22-9-11-26-25(17-22)31-28(21-8-10-24(30)27(16-21)36-6)34(26)19-23(35)18-29(3,4)5/h8-11,16-17,20H,7,12-15,18-19H2,1-6H3. The summed E-state index contributed by atoms with van der Waals surface area (Å²) in [4.78, 5) is 22.9. The molecule has 0 saturated carbocycles. The molecule has 0 unspecified atom stereocenters. The number of benzene rings is 2. The number of hydrogen-bond donors (Lipinski definition) is 0. The zero-order valence-corrected chi connectivity index (χ0v) is 22.5. The smallest absolute Gasteiger partial charge is 0.165 e. The fourth-order valence-electron chi connectivity index (χ4n) is 5.03. The second-order valence-electron chi connectivity index (χ2n) is 11.3. The van der Waals surface area contributed by atoms with E-state index in [0.717, 1.165) is 54.9 Å². The lowest BCUT2D eigenvalue weighted by molar-refractivity contribution is -0.121. The highest BCUT2D eigenvalue weighted by Gasteiger charge is 2.22. The average Bonchev–Trinajstić information content (AvgIpc) is 2.98. The highest BCUT2D eigenvalue weighted by molar-refractivity contribution is 5.87. The fourth-order valence-corrected chi connectivity index (χ4v) is 5.03. The molecule has 0 atom stereocenters. The van der Waals surface area contributed by atoms with Crippen molar-refractivity contribution in [3.63, 3.8) is 0 Å². The van der Waals surface area contributed by atoms with Crippen molar-refractivity contribution >= 4 is 22.5 Å². The van der Waals surface area contributed by atoms with Gasteiger partial charge in [0.2, 0.25) is 0 Å². The van der Waals surface area contributed by atoms with Gasteiger partial charge in [0.05, 0.1) is 24.7 Å². The fraction of sp³-hybridized carbons (Fsp3) is 0.517. The summed E-state index contributed by atoms with van der Waals surface area (Å²) in [6.45, 7) is 15.0. The highest BCUT2D eigenvalue weighted by atomic mass is 19.1. The summed E-state index contributed by atoms with van der Waals surface area (Å²) in [5, 5.41) is 0. The predicted molar refractivity (Wildman–Crippen MR) is 144 cm³/mol. The summed E-state index contributed by atoms with van der Waals surface area (Å²) in [7, 11) is 1.45. The Bertz CT molecular complexity index is 1230. The number of carbonyl (C=O) groups is 1. The normalized spacial score (nSPS) is 15.5. The second kappa shape index (κ2) is 10.6. The zero-order valence-electron chi connectivity index (χ0n) is 22.5. The maximum Gasteiger partial charge on any atom is 0.165 e. The maximum absolute atomic E-state index is 14.1. The Morgan fingerprint density at radius 2 is 1.86 bits per heavy atom. The molecule has 1 saturated heterocycles. The number of hydrogen-bond acceptors (Lipinski definition) is 5. The number of halogens is 1. The molecule has 194 valence electrons. The maximum atomic E-state index is 14.1. The van der Waals surface area contributed by atoms with Gasteiger partial charge in [0, 0.05) is 49.9 Å². The van der Waals surface area contributed by atoms with E-state index in [1.807, 2.05) is 4.57 Å². The molecule has 0 amide bonds. The van der Waals surface area contributed by atoms with Crippen LogP contribution in [0.25, 0.3) is 22.4 Å². The van der Waals surface area contributed by atoms with E-state index in [9.17, 15) is 9.18 Å². The molecule has 2 heterocycles. The van der Waals surface area contributed by atoms with Gasteiger partial charge in [0.1, 0.15) is 5.82 Å². The van der Waals surface area contributed by atoms with Crippen molar-refractivity contribution in [1.29, 1.82) is 0 Å². The summed E-state index contributed by atoms with van der Waals surface area (Å²) < 4.78 is 21.3. The molecule has 6 nitrogen and oxygen atoms in total. The van der Waals surface area contributed by atoms with Gasteiger partial charge in [0.25, 0.3) is 0 Å². The van der Waals surface area contributed by atoms with E-state index in [-0.39, 0.29) is 23.5 Å². The number of methoxy groups -OCH3 is 1. The van der Waals surface area contributed by atoms with Crippen molar-refractivity contribution < 1.29 is 13.9 Å². The summed E-state index contributed by atoms with van der Waals surface area (Å²) in [5.41, 5.74) is 3.49. The SMILES string of the molecule is COc1cc(-c2nc3cc(N4CCCN(C(C)C)CC4)ccc3n2CC(=O)CC(C)(C)C)ccc1F. The largest absolute Gasteiger partial charge is 0.494 e. The summed E-state index contributed by atoms with van der Waals surface area (Å²) in [5.74, 6) is 0.519. The van der Waals surface area contributed by atoms with Gasteiger partial charge in [0.15, 0.2) is 17.3 Å². The van der Waals surface area contributed by atoms with Crippen LogP contribution in [0.3, 0.4) is 0 Å². The van der Waals surface area contributed by atoms with E-state index in [1.165, 1.54) is 13.2 Å². The molecular formula is C29H39FN4O2. The number of carbonyl (C=O) groups excluding carboxylic acids is 1. The van der Waals surface area contributed by atoms with Gasteiger partial charge in [-0.3, -0.25) is 9.69 Å². The summed E-state index contributed by atoms with van der Waals surface area (Å²) in [6, 6.07) is 11.6. The van der Waals surface area contributed by atoms with Crippen LogP contribution >= 0.6 is 0 Å². The lowest BCUT2D eigenvalue weighted by Gasteiger charge is -2.25. The number of ketones is 1. The van der Waals surface area contributed by atoms with Crippen molar-refractivity contribution in [1.82, 2.24) is 14.5 Å². The highest BCUT2D eigenvalue weighted by Crippen LogP contribution is 2.32. The number of Topliss-reactive ketones (excluding diaryl/α,β-unsaturated/α-hetero) is 1. The number of imidazole rings is 1. The van der Waals surface area contributed by atoms with Gasteiger partial charge in [-0.2, -0.15) is 0 Å². The van der Waals surface area contributed by atoms with Gasteiger partial charge < -0.3 is 14.2 Å². The van der Waals surface area contributed by atoms with Crippen molar-refractivity contribution in [3.05, 3.63) is 42.2 Å². The molecule has 0 radical (unpaired) electrons. The van der Waals surface area contributed by atoms with Crippen LogP contribution in [-0.4, -0.2) is 59.6 Å². The molecular weight excluding hydrogens is 455 g/mol. The molecule has 36 heavy (non-hydrogen) atoms. The molecule has 3 aromatic rings. The molecule has 2 aromatic carbocycles. The lowest BCUT2D eigenvalue weighted by Crippen LogP contribution is -2.35. The molecule has 1 aliphatic rings. The third kappa shape index (κ3) is 5.89. The van der Waals surface area contributed by atoms with E-state index in [0.29, 0.717) is 18.3 Å². The van der Waals surface area contributed by atoms with Crippen LogP contribution in [0.1, 0.15) is 47.5 Å². The van der Waals surface area contributed by atoms with Crippen molar-refractivity contribution in [2.45, 2.75) is 60.0 Å². The van der Waals surface area contributed by atoms with Gasteiger partial charge in [-0.1, -0.05) is 20.8 Å². The quantitative estimate of drug-likeness (QED) is 0.417. The Kier molecular flexibility index (Phi) is 7.69. The lowest BCUT2D eigenvalue weighted by atomic mass is 9.90. The topological polar surface area (TPSA) is 50.6 Å². The van der Waals surface area contributed by atoms with E-state index < -0.39 is 5.82 Å². The van der Waals surface area contributed by atoms with Crippen LogP contribution in [0.15, 0.2) is 36.4 Å². The zero-order chi connectivity index (χ0) is 26.0. The number of anilines is 1. The molecule has 1 aliphatic heterocycles. The average molecular weight is 495 g/mol. The van der Waals surface area contributed by atoms with E-state index in [4.69, 9.17) is 9.72 Å². The molecule has 1 fully saturated rings. The van der Waals surface area contributed by atoms with E-state index >= 15 is 0 Å². The number of fused-ring (bicyclic) bond motifs is 1. The molecule has 0 aliphatic carbocycles. The minimum Gasteiger partial charge on any atom is -0.494 e. The first kappa shape index (κ1) is 26.1. The Balaban J connectivity index is 1.73. The first-order chi connectivity index (χ1) is 17.1. The molecule has 7 heteroatoms. The van der Waals surface area contributed by atoms with E-state index in [1.54, 1.807) is 12.1 Å². The first-order valence-corrected chi connectivity index (χ1v) is 12.9. The molecule has 0 bridgehead atoms. The van der Waals surface area contributed by atoms with Crippen LogP contribution in [0.2, 0.25) is 0 Å². The van der Waals surface area contributed by atoms with Crippen LogP contribution in [0, 0.1) is 11.2 Å². The van der Waals surface area contributed by atoms with E-state index in [2.05, 4.69) is 62.6 Å². The van der Waals surface area contributed by atoms with Gasteiger partial charge in [-0.15, -0.1) is 0 Å². The predicted octanol–water partition coefficient (Wildman–Crippen LogP) is 5.78. The minimum atomic E-state index is -0.424. The minimum absolute atomic E-state index is 0.101.